The predicted molar refractivity (Wildman–Crippen MR) is 67.7 cm³/mol. The van der Waals surface area contributed by atoms with Crippen molar-refractivity contribution in [1.29, 1.82) is 0 Å². The van der Waals surface area contributed by atoms with E-state index in [2.05, 4.69) is 10.2 Å². The minimum atomic E-state index is 0.417. The highest BCUT2D eigenvalue weighted by Gasteiger charge is 2.43. The van der Waals surface area contributed by atoms with Crippen molar-refractivity contribution in [2.45, 2.75) is 44.9 Å². The lowest BCUT2D eigenvalue weighted by molar-refractivity contribution is -0.131. The Bertz CT molecular complexity index is 293. The van der Waals surface area contributed by atoms with E-state index in [1.807, 2.05) is 0 Å². The lowest BCUT2D eigenvalue weighted by Crippen LogP contribution is -2.35. The van der Waals surface area contributed by atoms with Gasteiger partial charge in [0.2, 0.25) is 5.91 Å². The van der Waals surface area contributed by atoms with E-state index in [1.165, 1.54) is 32.1 Å². The molecule has 3 rings (SSSR count). The number of amides is 1. The Morgan fingerprint density at radius 3 is 2.82 bits per heavy atom. The number of rotatable bonds is 3. The minimum Gasteiger partial charge on any atom is -0.342 e. The first-order valence-electron chi connectivity index (χ1n) is 7.26. The summed E-state index contributed by atoms with van der Waals surface area (Å²) >= 11 is 0. The number of nitrogens with zero attached hydrogens (tertiary/aromatic N) is 1. The first-order valence-corrected chi connectivity index (χ1v) is 7.26. The molecule has 1 spiro atoms. The molecule has 2 aliphatic heterocycles. The molecule has 1 aliphatic carbocycles. The van der Waals surface area contributed by atoms with Gasteiger partial charge in [-0.05, 0) is 56.5 Å². The summed E-state index contributed by atoms with van der Waals surface area (Å²) < 4.78 is 0. The lowest BCUT2D eigenvalue weighted by atomic mass is 9.68. The Kier molecular flexibility index (Phi) is 3.12. The molecule has 3 nitrogen and oxygen atoms in total. The first-order chi connectivity index (χ1) is 8.27. The van der Waals surface area contributed by atoms with Gasteiger partial charge in [0.05, 0.1) is 0 Å². The molecule has 1 atom stereocenters. The van der Waals surface area contributed by atoms with Gasteiger partial charge in [0.15, 0.2) is 0 Å². The fourth-order valence-corrected chi connectivity index (χ4v) is 3.68. The van der Waals surface area contributed by atoms with E-state index < -0.39 is 0 Å². The van der Waals surface area contributed by atoms with Gasteiger partial charge in [-0.2, -0.15) is 0 Å². The molecule has 0 aromatic rings. The molecule has 3 heteroatoms. The largest absolute Gasteiger partial charge is 0.342 e. The van der Waals surface area contributed by atoms with Gasteiger partial charge in [-0.1, -0.05) is 6.42 Å². The number of likely N-dealkylation sites (tertiary alicyclic amines) is 1. The van der Waals surface area contributed by atoms with E-state index in [1.54, 1.807) is 0 Å². The SMILES string of the molecule is O=C(CCC1CCNC1)N1CCC2(CCC2)C1. The van der Waals surface area contributed by atoms with Gasteiger partial charge >= 0.3 is 0 Å². The minimum absolute atomic E-state index is 0.417. The van der Waals surface area contributed by atoms with E-state index in [9.17, 15) is 4.79 Å². The maximum atomic E-state index is 12.1. The van der Waals surface area contributed by atoms with Gasteiger partial charge in [-0.3, -0.25) is 4.79 Å². The van der Waals surface area contributed by atoms with Crippen LogP contribution in [-0.4, -0.2) is 37.0 Å². The second-order valence-electron chi connectivity index (χ2n) is 6.32. The van der Waals surface area contributed by atoms with E-state index in [-0.39, 0.29) is 0 Å². The Hall–Kier alpha value is -0.570. The molecule has 1 amide bonds. The molecular formula is C14H24N2O. The van der Waals surface area contributed by atoms with Gasteiger partial charge in [-0.15, -0.1) is 0 Å². The Labute approximate surface area is 104 Å². The van der Waals surface area contributed by atoms with Crippen LogP contribution in [0.1, 0.15) is 44.9 Å². The predicted octanol–water partition coefficient (Wildman–Crippen LogP) is 1.78. The van der Waals surface area contributed by atoms with Crippen LogP contribution in [0.4, 0.5) is 0 Å². The van der Waals surface area contributed by atoms with Crippen LogP contribution in [0.15, 0.2) is 0 Å². The van der Waals surface area contributed by atoms with Crippen molar-refractivity contribution in [3.8, 4) is 0 Å². The highest BCUT2D eigenvalue weighted by molar-refractivity contribution is 5.76. The third-order valence-corrected chi connectivity index (χ3v) is 5.13. The van der Waals surface area contributed by atoms with Gasteiger partial charge in [0.1, 0.15) is 0 Å². The maximum Gasteiger partial charge on any atom is 0.222 e. The summed E-state index contributed by atoms with van der Waals surface area (Å²) in [5.41, 5.74) is 0.560. The van der Waals surface area contributed by atoms with Crippen molar-refractivity contribution in [2.24, 2.45) is 11.3 Å². The standard InChI is InChI=1S/C14H24N2O/c17-13(3-2-12-4-8-15-10-12)16-9-7-14(11-16)5-1-6-14/h12,15H,1-11H2. The van der Waals surface area contributed by atoms with E-state index in [4.69, 9.17) is 0 Å². The molecule has 1 saturated carbocycles. The molecule has 3 fully saturated rings. The van der Waals surface area contributed by atoms with Crippen molar-refractivity contribution < 1.29 is 4.79 Å². The summed E-state index contributed by atoms with van der Waals surface area (Å²) in [5, 5.41) is 3.37. The second-order valence-corrected chi connectivity index (χ2v) is 6.32. The molecule has 1 N–H and O–H groups in total. The molecule has 0 bridgehead atoms. The number of hydrogen-bond donors (Lipinski definition) is 1. The van der Waals surface area contributed by atoms with E-state index in [0.29, 0.717) is 11.3 Å². The lowest BCUT2D eigenvalue weighted by Gasteiger charge is -2.38. The molecule has 1 unspecified atom stereocenters. The van der Waals surface area contributed by atoms with Crippen LogP contribution in [0.25, 0.3) is 0 Å². The van der Waals surface area contributed by atoms with Crippen molar-refractivity contribution in [2.75, 3.05) is 26.2 Å². The zero-order chi connectivity index (χ0) is 11.7. The van der Waals surface area contributed by atoms with Crippen LogP contribution in [0, 0.1) is 11.3 Å². The number of hydrogen-bond acceptors (Lipinski definition) is 2. The normalized spacial score (nSPS) is 30.8. The molecular weight excluding hydrogens is 212 g/mol. The molecule has 0 radical (unpaired) electrons. The van der Waals surface area contributed by atoms with E-state index in [0.717, 1.165) is 44.9 Å². The average molecular weight is 236 g/mol. The molecule has 3 aliphatic rings. The van der Waals surface area contributed by atoms with Gasteiger partial charge in [0, 0.05) is 19.5 Å². The summed E-state index contributed by atoms with van der Waals surface area (Å²) in [5.74, 6) is 1.17. The molecule has 2 heterocycles. The van der Waals surface area contributed by atoms with Crippen LogP contribution in [0.2, 0.25) is 0 Å². The van der Waals surface area contributed by atoms with Crippen LogP contribution in [-0.2, 0) is 4.79 Å². The zero-order valence-electron chi connectivity index (χ0n) is 10.7. The van der Waals surface area contributed by atoms with Crippen LogP contribution in [0.5, 0.6) is 0 Å². The number of nitrogens with one attached hydrogen (secondary N) is 1. The second kappa shape index (κ2) is 4.60. The first kappa shape index (κ1) is 11.5. The van der Waals surface area contributed by atoms with Gasteiger partial charge < -0.3 is 10.2 Å². The quantitative estimate of drug-likeness (QED) is 0.810. The Morgan fingerprint density at radius 1 is 1.35 bits per heavy atom. The van der Waals surface area contributed by atoms with Gasteiger partial charge in [0.25, 0.3) is 0 Å². The summed E-state index contributed by atoms with van der Waals surface area (Å²) in [6.45, 7) is 4.36. The average Bonchev–Trinajstić information content (AvgIpc) is 2.94. The summed E-state index contributed by atoms with van der Waals surface area (Å²) in [7, 11) is 0. The smallest absolute Gasteiger partial charge is 0.222 e. The van der Waals surface area contributed by atoms with Crippen molar-refractivity contribution in [3.05, 3.63) is 0 Å². The summed E-state index contributed by atoms with van der Waals surface area (Å²) in [6.07, 6.45) is 8.52. The Balaban J connectivity index is 1.43. The third kappa shape index (κ3) is 2.35. The molecule has 0 aromatic carbocycles. The topological polar surface area (TPSA) is 32.3 Å². The maximum absolute atomic E-state index is 12.1. The van der Waals surface area contributed by atoms with Crippen molar-refractivity contribution in [1.82, 2.24) is 10.2 Å². The zero-order valence-corrected chi connectivity index (χ0v) is 10.7. The third-order valence-electron chi connectivity index (χ3n) is 5.13. The monoisotopic (exact) mass is 236 g/mol. The fraction of sp³-hybridized carbons (Fsp3) is 0.929. The van der Waals surface area contributed by atoms with Crippen LogP contribution >= 0.6 is 0 Å². The highest BCUT2D eigenvalue weighted by atomic mass is 16.2. The van der Waals surface area contributed by atoms with Crippen molar-refractivity contribution in [3.63, 3.8) is 0 Å². The van der Waals surface area contributed by atoms with Crippen molar-refractivity contribution >= 4 is 5.91 Å². The van der Waals surface area contributed by atoms with Gasteiger partial charge in [-0.25, -0.2) is 0 Å². The molecule has 0 aromatic heterocycles. The highest BCUT2D eigenvalue weighted by Crippen LogP contribution is 2.48. The molecule has 17 heavy (non-hydrogen) atoms. The van der Waals surface area contributed by atoms with E-state index >= 15 is 0 Å². The fourth-order valence-electron chi connectivity index (χ4n) is 3.68. The summed E-state index contributed by atoms with van der Waals surface area (Å²) in [6, 6.07) is 0. The van der Waals surface area contributed by atoms with Crippen LogP contribution in [0.3, 0.4) is 0 Å². The Morgan fingerprint density at radius 2 is 2.24 bits per heavy atom. The number of carbonyl (C=O) groups is 1. The van der Waals surface area contributed by atoms with Crippen LogP contribution < -0.4 is 5.32 Å². The summed E-state index contributed by atoms with van der Waals surface area (Å²) in [4.78, 5) is 14.3. The number of carbonyl (C=O) groups excluding carboxylic acids is 1. The molecule has 96 valence electrons. The molecule has 2 saturated heterocycles.